The van der Waals surface area contributed by atoms with Gasteiger partial charge in [-0.25, -0.2) is 9.59 Å². The predicted molar refractivity (Wildman–Crippen MR) is 123 cm³/mol. The molecule has 0 saturated heterocycles. The van der Waals surface area contributed by atoms with Crippen molar-refractivity contribution in [3.05, 3.63) is 89.0 Å². The molecule has 0 aliphatic carbocycles. The number of nitrogens with one attached hydrogen (secondary N) is 1. The van der Waals surface area contributed by atoms with Crippen molar-refractivity contribution in [3.8, 4) is 11.5 Å². The van der Waals surface area contributed by atoms with Crippen LogP contribution in [0.25, 0.3) is 0 Å². The minimum Gasteiger partial charge on any atom is -0.497 e. The Labute approximate surface area is 196 Å². The van der Waals surface area contributed by atoms with Gasteiger partial charge in [0.2, 0.25) is 0 Å². The molecular formula is C26H23NO7. The zero-order valence-electron chi connectivity index (χ0n) is 18.7. The van der Waals surface area contributed by atoms with Crippen molar-refractivity contribution in [1.82, 2.24) is 0 Å². The topological polar surface area (TPSA) is 100 Å². The lowest BCUT2D eigenvalue weighted by molar-refractivity contribution is -0.119. The summed E-state index contributed by atoms with van der Waals surface area (Å²) in [5.74, 6) is -0.678. The normalized spacial score (nSPS) is 14.4. The summed E-state index contributed by atoms with van der Waals surface area (Å²) >= 11 is 0. The number of cyclic esters (lactones) is 1. The molecule has 1 aliphatic heterocycles. The van der Waals surface area contributed by atoms with Gasteiger partial charge in [0.05, 0.1) is 31.0 Å². The maximum atomic E-state index is 12.6. The van der Waals surface area contributed by atoms with Gasteiger partial charge in [-0.3, -0.25) is 4.79 Å². The Morgan fingerprint density at radius 1 is 1.00 bits per heavy atom. The molecule has 4 rings (SSSR count). The molecule has 174 valence electrons. The molecular weight excluding hydrogens is 438 g/mol. The van der Waals surface area contributed by atoms with E-state index in [-0.39, 0.29) is 5.56 Å². The third-order valence-electron chi connectivity index (χ3n) is 5.40. The third-order valence-corrected chi connectivity index (χ3v) is 5.40. The summed E-state index contributed by atoms with van der Waals surface area (Å²) in [5.41, 5.74) is 2.60. The second-order valence-corrected chi connectivity index (χ2v) is 7.57. The molecule has 1 heterocycles. The number of esters is 2. The first kappa shape index (κ1) is 22.8. The number of methoxy groups -OCH3 is 2. The van der Waals surface area contributed by atoms with E-state index in [9.17, 15) is 14.4 Å². The molecule has 0 radical (unpaired) electrons. The van der Waals surface area contributed by atoms with Crippen LogP contribution in [0.4, 0.5) is 5.69 Å². The average Bonchev–Trinajstić information content (AvgIpc) is 2.87. The van der Waals surface area contributed by atoms with Gasteiger partial charge < -0.3 is 24.3 Å². The Morgan fingerprint density at radius 3 is 2.53 bits per heavy atom. The number of ether oxygens (including phenoxy) is 4. The van der Waals surface area contributed by atoms with Crippen molar-refractivity contribution in [3.63, 3.8) is 0 Å². The van der Waals surface area contributed by atoms with Crippen LogP contribution < -0.4 is 14.8 Å². The monoisotopic (exact) mass is 461 g/mol. The Bertz CT molecular complexity index is 1220. The molecule has 0 saturated carbocycles. The van der Waals surface area contributed by atoms with E-state index in [1.807, 2.05) is 30.3 Å². The quantitative estimate of drug-likeness (QED) is 0.532. The van der Waals surface area contributed by atoms with E-state index in [1.54, 1.807) is 24.3 Å². The SMILES string of the molecule is COc1ccc(OC)c(NC(=O)COC(=O)c2ccc3c(c2)CC(c2ccccc2)OC3=O)c1. The van der Waals surface area contributed by atoms with Gasteiger partial charge in [0.1, 0.15) is 17.6 Å². The first-order chi connectivity index (χ1) is 16.5. The van der Waals surface area contributed by atoms with Crippen molar-refractivity contribution >= 4 is 23.5 Å². The first-order valence-corrected chi connectivity index (χ1v) is 10.6. The van der Waals surface area contributed by atoms with Crippen molar-refractivity contribution in [1.29, 1.82) is 0 Å². The maximum absolute atomic E-state index is 12.6. The zero-order chi connectivity index (χ0) is 24.1. The summed E-state index contributed by atoms with van der Waals surface area (Å²) < 4.78 is 21.1. The highest BCUT2D eigenvalue weighted by molar-refractivity contribution is 5.98. The zero-order valence-corrected chi connectivity index (χ0v) is 18.7. The van der Waals surface area contributed by atoms with Gasteiger partial charge in [0.15, 0.2) is 6.61 Å². The van der Waals surface area contributed by atoms with Crippen LogP contribution in [-0.2, 0) is 20.7 Å². The molecule has 1 N–H and O–H groups in total. The number of anilines is 1. The first-order valence-electron chi connectivity index (χ1n) is 10.6. The van der Waals surface area contributed by atoms with Crippen LogP contribution in [0.5, 0.6) is 11.5 Å². The molecule has 0 spiro atoms. The van der Waals surface area contributed by atoms with E-state index >= 15 is 0 Å². The third kappa shape index (κ3) is 5.01. The Morgan fingerprint density at radius 2 is 1.79 bits per heavy atom. The van der Waals surface area contributed by atoms with Crippen molar-refractivity contribution < 1.29 is 33.3 Å². The van der Waals surface area contributed by atoms with E-state index in [0.717, 1.165) is 5.56 Å². The summed E-state index contributed by atoms with van der Waals surface area (Å²) in [7, 11) is 2.99. The van der Waals surface area contributed by atoms with E-state index in [1.165, 1.54) is 26.4 Å². The second kappa shape index (κ2) is 10.1. The largest absolute Gasteiger partial charge is 0.497 e. The molecule has 34 heavy (non-hydrogen) atoms. The number of benzene rings is 3. The highest BCUT2D eigenvalue weighted by Gasteiger charge is 2.28. The molecule has 3 aromatic rings. The van der Waals surface area contributed by atoms with Crippen LogP contribution in [0.15, 0.2) is 66.7 Å². The van der Waals surface area contributed by atoms with Gasteiger partial charge in [-0.1, -0.05) is 30.3 Å². The fourth-order valence-corrected chi connectivity index (χ4v) is 3.69. The summed E-state index contributed by atoms with van der Waals surface area (Å²) in [5, 5.41) is 2.64. The number of hydrogen-bond donors (Lipinski definition) is 1. The molecule has 0 aromatic heterocycles. The number of amides is 1. The van der Waals surface area contributed by atoms with E-state index in [0.29, 0.717) is 34.7 Å². The van der Waals surface area contributed by atoms with Gasteiger partial charge in [-0.05, 0) is 41.5 Å². The Hall–Kier alpha value is -4.33. The summed E-state index contributed by atoms with van der Waals surface area (Å²) in [6, 6.07) is 19.0. The standard InChI is InChI=1S/C26H23NO7/c1-31-19-9-11-22(32-2)21(14-19)27-24(28)15-33-25(29)17-8-10-20-18(12-17)13-23(34-26(20)30)16-6-4-3-5-7-16/h3-12,14,23H,13,15H2,1-2H3,(H,27,28). The second-order valence-electron chi connectivity index (χ2n) is 7.57. The molecule has 8 nitrogen and oxygen atoms in total. The molecule has 1 aliphatic rings. The van der Waals surface area contributed by atoms with E-state index < -0.39 is 30.6 Å². The van der Waals surface area contributed by atoms with Crippen molar-refractivity contribution in [2.45, 2.75) is 12.5 Å². The van der Waals surface area contributed by atoms with Crippen LogP contribution in [0.1, 0.15) is 37.9 Å². The highest BCUT2D eigenvalue weighted by Crippen LogP contribution is 2.31. The van der Waals surface area contributed by atoms with Gasteiger partial charge >= 0.3 is 11.9 Å². The molecule has 1 amide bonds. The Kier molecular flexibility index (Phi) is 6.77. The summed E-state index contributed by atoms with van der Waals surface area (Å²) in [4.78, 5) is 37.4. The lowest BCUT2D eigenvalue weighted by Crippen LogP contribution is -2.23. The van der Waals surface area contributed by atoms with Crippen LogP contribution in [0.3, 0.4) is 0 Å². The minimum atomic E-state index is -0.675. The van der Waals surface area contributed by atoms with Crippen molar-refractivity contribution in [2.75, 3.05) is 26.1 Å². The van der Waals surface area contributed by atoms with E-state index in [4.69, 9.17) is 18.9 Å². The minimum absolute atomic E-state index is 0.243. The summed E-state index contributed by atoms with van der Waals surface area (Å²) in [6.45, 7) is -0.495. The molecule has 8 heteroatoms. The van der Waals surface area contributed by atoms with Crippen molar-refractivity contribution in [2.24, 2.45) is 0 Å². The summed E-state index contributed by atoms with van der Waals surface area (Å²) in [6.07, 6.45) is -0.00131. The van der Waals surface area contributed by atoms with Gasteiger partial charge in [0.25, 0.3) is 5.91 Å². The smallest absolute Gasteiger partial charge is 0.339 e. The number of rotatable bonds is 7. The van der Waals surface area contributed by atoms with Crippen LogP contribution in [-0.4, -0.2) is 38.7 Å². The lowest BCUT2D eigenvalue weighted by atomic mass is 9.93. The molecule has 0 bridgehead atoms. The molecule has 3 aromatic carbocycles. The van der Waals surface area contributed by atoms with Crippen LogP contribution >= 0.6 is 0 Å². The Balaban J connectivity index is 1.42. The van der Waals surface area contributed by atoms with Crippen LogP contribution in [0, 0.1) is 0 Å². The molecule has 1 atom stereocenters. The number of carbonyl (C=O) groups is 3. The number of fused-ring (bicyclic) bond motifs is 1. The highest BCUT2D eigenvalue weighted by atomic mass is 16.5. The van der Waals surface area contributed by atoms with Gasteiger partial charge in [0, 0.05) is 12.5 Å². The van der Waals surface area contributed by atoms with Gasteiger partial charge in [-0.15, -0.1) is 0 Å². The number of hydrogen-bond acceptors (Lipinski definition) is 7. The molecule has 1 unspecified atom stereocenters. The molecule has 0 fully saturated rings. The fraction of sp³-hybridized carbons (Fsp3) is 0.192. The fourth-order valence-electron chi connectivity index (χ4n) is 3.69. The average molecular weight is 461 g/mol. The maximum Gasteiger partial charge on any atom is 0.339 e. The lowest BCUT2D eigenvalue weighted by Gasteiger charge is -2.25. The van der Waals surface area contributed by atoms with E-state index in [2.05, 4.69) is 5.32 Å². The predicted octanol–water partition coefficient (Wildman–Crippen LogP) is 3.95. The van der Waals surface area contributed by atoms with Gasteiger partial charge in [-0.2, -0.15) is 0 Å². The number of carbonyl (C=O) groups excluding carboxylic acids is 3. The van der Waals surface area contributed by atoms with Crippen LogP contribution in [0.2, 0.25) is 0 Å².